The Hall–Kier alpha value is -5.63. The molecule has 2 aromatic carbocycles. The van der Waals surface area contributed by atoms with Gasteiger partial charge < -0.3 is 56.4 Å². The Morgan fingerprint density at radius 1 is 1.02 bits per heavy atom. The fourth-order valence-electron chi connectivity index (χ4n) is 7.66. The molecule has 0 amide bonds. The molecule has 14 heteroatoms. The van der Waals surface area contributed by atoms with Gasteiger partial charge in [0.15, 0.2) is 29.0 Å². The average Bonchev–Trinajstić information content (AvgIpc) is 3.18. The number of guanidine groups is 1. The van der Waals surface area contributed by atoms with Gasteiger partial charge in [-0.25, -0.2) is 0 Å². The van der Waals surface area contributed by atoms with Crippen molar-refractivity contribution in [2.45, 2.75) is 108 Å². The highest BCUT2D eigenvalue weighted by Gasteiger charge is 2.33. The van der Waals surface area contributed by atoms with Gasteiger partial charge in [-0.3, -0.25) is 14.8 Å². The fourth-order valence-corrected chi connectivity index (χ4v) is 7.66. The quantitative estimate of drug-likeness (QED) is 0.0323. The van der Waals surface area contributed by atoms with Gasteiger partial charge in [-0.05, 0) is 104 Å². The number of rotatable bonds is 16. The Bertz CT molecular complexity index is 1900. The second kappa shape index (κ2) is 20.0. The number of aromatic nitrogens is 1. The van der Waals surface area contributed by atoms with Crippen LogP contribution in [0.1, 0.15) is 87.5 Å². The van der Waals surface area contributed by atoms with Crippen LogP contribution >= 0.6 is 0 Å². The molecule has 306 valence electrons. The molecule has 3 heterocycles. The van der Waals surface area contributed by atoms with Crippen molar-refractivity contribution in [1.29, 1.82) is 0 Å². The molecule has 6 rings (SSSR count). The number of nitrogens with two attached hydrogens (primary N) is 2. The van der Waals surface area contributed by atoms with Crippen LogP contribution in [-0.4, -0.2) is 76.3 Å². The number of ether oxygens (including phenoxy) is 4. The molecule has 3 aromatic rings. The summed E-state index contributed by atoms with van der Waals surface area (Å²) in [4.78, 5) is 20.7. The van der Waals surface area contributed by atoms with Gasteiger partial charge in [0, 0.05) is 64.1 Å². The van der Waals surface area contributed by atoms with E-state index in [0.29, 0.717) is 61.7 Å². The first kappa shape index (κ1) is 41.0. The summed E-state index contributed by atoms with van der Waals surface area (Å²) < 4.78 is 24.5. The molecule has 1 saturated carbocycles. The van der Waals surface area contributed by atoms with E-state index in [2.05, 4.69) is 26.7 Å². The van der Waals surface area contributed by atoms with E-state index in [-0.39, 0.29) is 53.8 Å². The molecule has 2 fully saturated rings. The van der Waals surface area contributed by atoms with Crippen LogP contribution in [0.25, 0.3) is 0 Å². The lowest BCUT2D eigenvalue weighted by Crippen LogP contribution is -2.44. The summed E-state index contributed by atoms with van der Waals surface area (Å²) in [6.45, 7) is 3.01. The maximum absolute atomic E-state index is 12.0. The number of carbonyl (C=O) groups is 1. The van der Waals surface area contributed by atoms with Crippen LogP contribution in [0.5, 0.6) is 28.7 Å². The minimum Gasteiger partial charge on any atom is -0.504 e. The molecule has 1 saturated heterocycles. The number of hydrogen-bond donors (Lipinski definition) is 7. The number of aryl methyl sites for hydroxylation is 1. The number of esters is 1. The number of dihydropyridines is 1. The molecule has 1 aliphatic carbocycles. The largest absolute Gasteiger partial charge is 0.504 e. The fraction of sp³-hybridized carbons (Fsp3) is 0.465. The number of carbonyl (C=O) groups excluding carboxylic acids is 1. The number of hydrogen-bond acceptors (Lipinski definition) is 12. The van der Waals surface area contributed by atoms with E-state index in [1.807, 2.05) is 30.3 Å². The van der Waals surface area contributed by atoms with Crippen molar-refractivity contribution in [3.63, 3.8) is 0 Å². The van der Waals surface area contributed by atoms with Gasteiger partial charge in [0.25, 0.3) is 0 Å². The normalized spacial score (nSPS) is 22.4. The molecule has 0 bridgehead atoms. The van der Waals surface area contributed by atoms with Crippen molar-refractivity contribution in [3.8, 4) is 28.7 Å². The molecule has 0 spiro atoms. The maximum Gasteiger partial charge on any atom is 0.302 e. The molecule has 9 N–H and O–H groups in total. The number of nitrogens with one attached hydrogen (secondary N) is 2. The van der Waals surface area contributed by atoms with Crippen molar-refractivity contribution in [3.05, 3.63) is 95.1 Å². The highest BCUT2D eigenvalue weighted by molar-refractivity contribution is 5.78. The third kappa shape index (κ3) is 12.4. The van der Waals surface area contributed by atoms with Gasteiger partial charge in [0.2, 0.25) is 5.75 Å². The molecule has 0 unspecified atom stereocenters. The second-order valence-electron chi connectivity index (χ2n) is 15.0. The van der Waals surface area contributed by atoms with Crippen LogP contribution in [0.15, 0.2) is 83.4 Å². The van der Waals surface area contributed by atoms with E-state index in [0.717, 1.165) is 56.2 Å². The first-order chi connectivity index (χ1) is 27.6. The zero-order valence-electron chi connectivity index (χ0n) is 32.6. The Kier molecular flexibility index (Phi) is 14.4. The van der Waals surface area contributed by atoms with Crippen LogP contribution in [0, 0.1) is 0 Å². The van der Waals surface area contributed by atoms with Gasteiger partial charge >= 0.3 is 5.97 Å². The smallest absolute Gasteiger partial charge is 0.302 e. The van der Waals surface area contributed by atoms with Crippen molar-refractivity contribution in [2.75, 3.05) is 19.7 Å². The van der Waals surface area contributed by atoms with E-state index in [1.165, 1.54) is 18.6 Å². The number of pyridine rings is 1. The zero-order valence-corrected chi connectivity index (χ0v) is 32.6. The SMILES string of the molecule is CC(=O)O[C@@H]1C[C@H](CCc2ccc(O)c(O[C@H]3CCC[C@H](NC(N)=NCCCC4=CCNC(N)=C4)C3)c2)O[C@H](c2cc(O)c(O)c(OCCc3cccnc3)c2)C1. The standard InChI is InChI=1S/C43H56N6O8/c1-27(50)55-35-24-34(56-38(25-35)31-21-37(52)42(53)40(22-31)54-18-14-30-6-3-15-46-26-30)11-9-29-10-12-36(51)39(19-29)57-33-8-2-7-32(23-33)49-43(45)48-16-4-5-28-13-17-47-41(44)20-28/h3,6,10,12-13,15,19-22,26,32-35,38,47,51-53H,2,4-5,7-9,11,14,16-18,23-25,44H2,1H3,(H3,45,48,49)/t32-,33-,34-,35+,38-/m0/s1. The van der Waals surface area contributed by atoms with Gasteiger partial charge in [0.05, 0.1) is 24.6 Å². The Balaban J connectivity index is 1.03. The van der Waals surface area contributed by atoms with Crippen molar-refractivity contribution >= 4 is 11.9 Å². The zero-order chi connectivity index (χ0) is 40.1. The summed E-state index contributed by atoms with van der Waals surface area (Å²) in [7, 11) is 0. The molecule has 57 heavy (non-hydrogen) atoms. The van der Waals surface area contributed by atoms with Gasteiger partial charge in [-0.2, -0.15) is 0 Å². The molecular formula is C43H56N6O8. The van der Waals surface area contributed by atoms with Crippen molar-refractivity contribution < 1.29 is 39.1 Å². The first-order valence-electron chi connectivity index (χ1n) is 19.9. The van der Waals surface area contributed by atoms with E-state index < -0.39 is 12.2 Å². The van der Waals surface area contributed by atoms with Crippen molar-refractivity contribution in [1.82, 2.24) is 15.6 Å². The second-order valence-corrected chi connectivity index (χ2v) is 15.0. The third-order valence-electron chi connectivity index (χ3n) is 10.5. The summed E-state index contributed by atoms with van der Waals surface area (Å²) in [5, 5.41) is 38.4. The van der Waals surface area contributed by atoms with E-state index in [1.54, 1.807) is 24.5 Å². The monoisotopic (exact) mass is 784 g/mol. The lowest BCUT2D eigenvalue weighted by Gasteiger charge is -2.35. The van der Waals surface area contributed by atoms with Crippen LogP contribution in [0.4, 0.5) is 0 Å². The van der Waals surface area contributed by atoms with Gasteiger partial charge in [-0.1, -0.05) is 18.2 Å². The lowest BCUT2D eigenvalue weighted by atomic mass is 9.92. The number of aliphatic imine (C=N–C) groups is 1. The maximum atomic E-state index is 12.0. The Morgan fingerprint density at radius 3 is 2.70 bits per heavy atom. The summed E-state index contributed by atoms with van der Waals surface area (Å²) >= 11 is 0. The molecule has 3 aliphatic rings. The average molecular weight is 785 g/mol. The Labute approximate surface area is 334 Å². The summed E-state index contributed by atoms with van der Waals surface area (Å²) in [5.74, 6) is 0.696. The van der Waals surface area contributed by atoms with Crippen LogP contribution < -0.4 is 31.6 Å². The highest BCUT2D eigenvalue weighted by atomic mass is 16.6. The number of aromatic hydroxyl groups is 3. The van der Waals surface area contributed by atoms with E-state index in [4.69, 9.17) is 30.4 Å². The topological polar surface area (TPSA) is 216 Å². The number of benzene rings is 2. The summed E-state index contributed by atoms with van der Waals surface area (Å²) in [6.07, 6.45) is 14.1. The van der Waals surface area contributed by atoms with Crippen LogP contribution in [0.2, 0.25) is 0 Å². The van der Waals surface area contributed by atoms with Crippen molar-refractivity contribution in [2.24, 2.45) is 16.5 Å². The first-order valence-corrected chi connectivity index (χ1v) is 19.9. The number of nitrogens with zero attached hydrogens (tertiary/aromatic N) is 2. The van der Waals surface area contributed by atoms with Gasteiger partial charge in [-0.15, -0.1) is 0 Å². The predicted octanol–water partition coefficient (Wildman–Crippen LogP) is 5.31. The van der Waals surface area contributed by atoms with Gasteiger partial charge in [0.1, 0.15) is 12.2 Å². The third-order valence-corrected chi connectivity index (χ3v) is 10.5. The number of phenols is 3. The molecular weight excluding hydrogens is 729 g/mol. The van der Waals surface area contributed by atoms with Crippen LogP contribution in [-0.2, 0) is 27.1 Å². The van der Waals surface area contributed by atoms with E-state index >= 15 is 0 Å². The number of phenolic OH excluding ortho intramolecular Hbond substituents is 3. The predicted molar refractivity (Wildman–Crippen MR) is 216 cm³/mol. The number of allylic oxidation sites excluding steroid dienone is 2. The van der Waals surface area contributed by atoms with E-state index in [9.17, 15) is 20.1 Å². The molecule has 5 atom stereocenters. The lowest BCUT2D eigenvalue weighted by molar-refractivity contribution is -0.160. The summed E-state index contributed by atoms with van der Waals surface area (Å²) in [5.41, 5.74) is 15.9. The Morgan fingerprint density at radius 2 is 1.89 bits per heavy atom. The van der Waals surface area contributed by atoms with Crippen LogP contribution in [0.3, 0.4) is 0 Å². The summed E-state index contributed by atoms with van der Waals surface area (Å²) in [6, 6.07) is 12.4. The molecule has 14 nitrogen and oxygen atoms in total. The highest BCUT2D eigenvalue weighted by Crippen LogP contribution is 2.43. The molecule has 2 aliphatic heterocycles. The minimum absolute atomic E-state index is 0.0740. The minimum atomic E-state index is -0.528. The molecule has 1 aromatic heterocycles. The molecule has 0 radical (unpaired) electrons.